The maximum atomic E-state index is 12.5. The molecule has 0 fully saturated rings. The molecule has 0 spiro atoms. The summed E-state index contributed by atoms with van der Waals surface area (Å²) in [7, 11) is 0. The van der Waals surface area contributed by atoms with Gasteiger partial charge in [0.25, 0.3) is 5.91 Å². The first-order valence-corrected chi connectivity index (χ1v) is 9.12. The number of anilines is 1. The standard InChI is InChI=1S/C18H20ClNO2S/c1-3-4-11-22-17-8-6-5-7-16(17)20-18(21)14-12-13(23-2)9-10-15(14)19/h5-10,12H,3-4,11H2,1-2H3,(H,20,21). The summed E-state index contributed by atoms with van der Waals surface area (Å²) in [4.78, 5) is 13.5. The smallest absolute Gasteiger partial charge is 0.257 e. The number of carbonyl (C=O) groups excluding carboxylic acids is 1. The van der Waals surface area contributed by atoms with E-state index in [4.69, 9.17) is 16.3 Å². The fourth-order valence-electron chi connectivity index (χ4n) is 2.02. The summed E-state index contributed by atoms with van der Waals surface area (Å²) in [5.41, 5.74) is 1.11. The summed E-state index contributed by atoms with van der Waals surface area (Å²) in [6, 6.07) is 12.9. The molecule has 122 valence electrons. The molecule has 0 atom stereocenters. The first kappa shape index (κ1) is 17.7. The van der Waals surface area contributed by atoms with Gasteiger partial charge in [0.05, 0.1) is 22.9 Å². The third-order valence-corrected chi connectivity index (χ3v) is 4.36. The largest absolute Gasteiger partial charge is 0.491 e. The summed E-state index contributed by atoms with van der Waals surface area (Å²) in [6.07, 6.45) is 4.00. The van der Waals surface area contributed by atoms with E-state index in [0.29, 0.717) is 28.6 Å². The minimum Gasteiger partial charge on any atom is -0.491 e. The summed E-state index contributed by atoms with van der Waals surface area (Å²) < 4.78 is 5.74. The van der Waals surface area contributed by atoms with Crippen molar-refractivity contribution in [3.63, 3.8) is 0 Å². The van der Waals surface area contributed by atoms with Crippen LogP contribution < -0.4 is 10.1 Å². The van der Waals surface area contributed by atoms with Crippen LogP contribution in [-0.2, 0) is 0 Å². The molecule has 0 heterocycles. The number of carbonyl (C=O) groups is 1. The van der Waals surface area contributed by atoms with E-state index in [-0.39, 0.29) is 5.91 Å². The molecule has 1 amide bonds. The topological polar surface area (TPSA) is 38.3 Å². The third kappa shape index (κ3) is 4.91. The number of ether oxygens (including phenoxy) is 1. The second kappa shape index (κ2) is 8.85. The second-order valence-electron chi connectivity index (χ2n) is 5.00. The summed E-state index contributed by atoms with van der Waals surface area (Å²) >= 11 is 7.72. The second-order valence-corrected chi connectivity index (χ2v) is 6.28. The lowest BCUT2D eigenvalue weighted by Crippen LogP contribution is -2.13. The average molecular weight is 350 g/mol. The van der Waals surface area contributed by atoms with Gasteiger partial charge in [-0.3, -0.25) is 4.79 Å². The molecule has 0 aliphatic carbocycles. The van der Waals surface area contributed by atoms with Crippen LogP contribution in [0.2, 0.25) is 5.02 Å². The highest BCUT2D eigenvalue weighted by Gasteiger charge is 2.13. The van der Waals surface area contributed by atoms with Gasteiger partial charge in [0, 0.05) is 4.90 Å². The molecule has 2 aromatic rings. The molecule has 2 aromatic carbocycles. The molecule has 1 N–H and O–H groups in total. The maximum absolute atomic E-state index is 12.5. The Hall–Kier alpha value is -1.65. The first-order valence-electron chi connectivity index (χ1n) is 7.52. The fourth-order valence-corrected chi connectivity index (χ4v) is 2.66. The minimum atomic E-state index is -0.238. The molecule has 0 unspecified atom stereocenters. The number of nitrogens with one attached hydrogen (secondary N) is 1. The predicted octanol–water partition coefficient (Wildman–Crippen LogP) is 5.49. The molecule has 0 bridgehead atoms. The van der Waals surface area contributed by atoms with Crippen molar-refractivity contribution in [1.82, 2.24) is 0 Å². The van der Waals surface area contributed by atoms with Crippen molar-refractivity contribution < 1.29 is 9.53 Å². The maximum Gasteiger partial charge on any atom is 0.257 e. The van der Waals surface area contributed by atoms with Gasteiger partial charge in [-0.15, -0.1) is 11.8 Å². The minimum absolute atomic E-state index is 0.238. The van der Waals surface area contributed by atoms with Gasteiger partial charge in [0.15, 0.2) is 0 Å². The zero-order valence-corrected chi connectivity index (χ0v) is 14.8. The van der Waals surface area contributed by atoms with Crippen molar-refractivity contribution in [1.29, 1.82) is 0 Å². The van der Waals surface area contributed by atoms with Crippen LogP contribution in [0, 0.1) is 0 Å². The number of amides is 1. The molecular weight excluding hydrogens is 330 g/mol. The Morgan fingerprint density at radius 1 is 1.26 bits per heavy atom. The van der Waals surface area contributed by atoms with E-state index >= 15 is 0 Å². The van der Waals surface area contributed by atoms with Crippen molar-refractivity contribution in [2.45, 2.75) is 24.7 Å². The Balaban J connectivity index is 2.17. The number of hydrogen-bond acceptors (Lipinski definition) is 3. The van der Waals surface area contributed by atoms with Crippen LogP contribution in [0.15, 0.2) is 47.4 Å². The third-order valence-electron chi connectivity index (χ3n) is 3.31. The van der Waals surface area contributed by atoms with Crippen LogP contribution in [0.5, 0.6) is 5.75 Å². The van der Waals surface area contributed by atoms with E-state index in [1.165, 1.54) is 0 Å². The van der Waals surface area contributed by atoms with E-state index in [1.807, 2.05) is 36.6 Å². The Kier molecular flexibility index (Phi) is 6.81. The van der Waals surface area contributed by atoms with Gasteiger partial charge < -0.3 is 10.1 Å². The van der Waals surface area contributed by atoms with E-state index in [0.717, 1.165) is 17.7 Å². The van der Waals surface area contributed by atoms with Crippen molar-refractivity contribution >= 4 is 35.0 Å². The molecule has 0 aliphatic rings. The lowest BCUT2D eigenvalue weighted by atomic mass is 10.2. The van der Waals surface area contributed by atoms with Crippen molar-refractivity contribution in [2.24, 2.45) is 0 Å². The first-order chi connectivity index (χ1) is 11.2. The van der Waals surface area contributed by atoms with E-state index in [9.17, 15) is 4.79 Å². The van der Waals surface area contributed by atoms with E-state index in [2.05, 4.69) is 12.2 Å². The average Bonchev–Trinajstić information content (AvgIpc) is 2.57. The number of hydrogen-bond donors (Lipinski definition) is 1. The number of unbranched alkanes of at least 4 members (excludes halogenated alkanes) is 1. The van der Waals surface area contributed by atoms with Crippen LogP contribution in [0.25, 0.3) is 0 Å². The van der Waals surface area contributed by atoms with Gasteiger partial charge >= 0.3 is 0 Å². The van der Waals surface area contributed by atoms with Crippen molar-refractivity contribution in [3.05, 3.63) is 53.1 Å². The molecule has 23 heavy (non-hydrogen) atoms. The van der Waals surface area contributed by atoms with E-state index in [1.54, 1.807) is 23.9 Å². The van der Waals surface area contributed by atoms with Crippen LogP contribution >= 0.6 is 23.4 Å². The summed E-state index contributed by atoms with van der Waals surface area (Å²) in [5.74, 6) is 0.434. The SMILES string of the molecule is CCCCOc1ccccc1NC(=O)c1cc(SC)ccc1Cl. The molecular formula is C18H20ClNO2S. The van der Waals surface area contributed by atoms with Gasteiger partial charge in [-0.05, 0) is 43.0 Å². The number of thioether (sulfide) groups is 1. The number of benzene rings is 2. The lowest BCUT2D eigenvalue weighted by molar-refractivity contribution is 0.102. The normalized spacial score (nSPS) is 10.4. The summed E-state index contributed by atoms with van der Waals surface area (Å²) in [6.45, 7) is 2.74. The lowest BCUT2D eigenvalue weighted by Gasteiger charge is -2.13. The molecule has 5 heteroatoms. The molecule has 0 aromatic heterocycles. The zero-order chi connectivity index (χ0) is 16.7. The molecule has 0 saturated carbocycles. The summed E-state index contributed by atoms with van der Waals surface area (Å²) in [5, 5.41) is 3.32. The molecule has 0 aliphatic heterocycles. The number of rotatable bonds is 7. The highest BCUT2D eigenvalue weighted by atomic mass is 35.5. The molecule has 0 saturated heterocycles. The van der Waals surface area contributed by atoms with Gasteiger partial charge in [-0.1, -0.05) is 37.1 Å². The Bertz CT molecular complexity index is 676. The van der Waals surface area contributed by atoms with Crippen LogP contribution in [0.1, 0.15) is 30.1 Å². The Morgan fingerprint density at radius 2 is 2.04 bits per heavy atom. The highest BCUT2D eigenvalue weighted by Crippen LogP contribution is 2.27. The highest BCUT2D eigenvalue weighted by molar-refractivity contribution is 7.98. The Labute approximate surface area is 146 Å². The zero-order valence-electron chi connectivity index (χ0n) is 13.3. The van der Waals surface area contributed by atoms with E-state index < -0.39 is 0 Å². The van der Waals surface area contributed by atoms with Crippen LogP contribution in [0.4, 0.5) is 5.69 Å². The van der Waals surface area contributed by atoms with Crippen molar-refractivity contribution in [3.8, 4) is 5.75 Å². The monoisotopic (exact) mass is 349 g/mol. The number of para-hydroxylation sites is 2. The quantitative estimate of drug-likeness (QED) is 0.530. The van der Waals surface area contributed by atoms with Crippen LogP contribution in [-0.4, -0.2) is 18.8 Å². The molecule has 3 nitrogen and oxygen atoms in total. The van der Waals surface area contributed by atoms with Crippen molar-refractivity contribution in [2.75, 3.05) is 18.2 Å². The van der Waals surface area contributed by atoms with Gasteiger partial charge in [0.2, 0.25) is 0 Å². The fraction of sp³-hybridized carbons (Fsp3) is 0.278. The number of halogens is 1. The predicted molar refractivity (Wildman–Crippen MR) is 98.0 cm³/mol. The van der Waals surface area contributed by atoms with Gasteiger partial charge in [-0.25, -0.2) is 0 Å². The van der Waals surface area contributed by atoms with Gasteiger partial charge in [0.1, 0.15) is 5.75 Å². The van der Waals surface area contributed by atoms with Gasteiger partial charge in [-0.2, -0.15) is 0 Å². The molecule has 0 radical (unpaired) electrons. The Morgan fingerprint density at radius 3 is 2.78 bits per heavy atom. The molecule has 2 rings (SSSR count). The van der Waals surface area contributed by atoms with Crippen LogP contribution in [0.3, 0.4) is 0 Å².